The van der Waals surface area contributed by atoms with Crippen molar-refractivity contribution in [1.82, 2.24) is 0 Å². The Morgan fingerprint density at radius 3 is 2.64 bits per heavy atom. The van der Waals surface area contributed by atoms with Crippen LogP contribution in [0.4, 0.5) is 10.1 Å². The zero-order chi connectivity index (χ0) is 8.43. The number of hydrogen-bond acceptors (Lipinski definition) is 1. The molecule has 1 aromatic carbocycles. The van der Waals surface area contributed by atoms with Crippen molar-refractivity contribution < 1.29 is 4.39 Å². The summed E-state index contributed by atoms with van der Waals surface area (Å²) in [7, 11) is 1.81. The van der Waals surface area contributed by atoms with E-state index in [-0.39, 0.29) is 5.82 Å². The number of anilines is 1. The molecule has 1 nitrogen and oxygen atoms in total. The molecule has 0 saturated heterocycles. The van der Waals surface area contributed by atoms with Gasteiger partial charge in [0.15, 0.2) is 0 Å². The maximum atomic E-state index is 12.8. The smallest absolute Gasteiger partial charge is 0.137 e. The molecular formula is C8H9BrFN. The van der Waals surface area contributed by atoms with Gasteiger partial charge in [-0.05, 0) is 40.5 Å². The second kappa shape index (κ2) is 3.22. The predicted molar refractivity (Wildman–Crippen MR) is 48.4 cm³/mol. The van der Waals surface area contributed by atoms with E-state index in [4.69, 9.17) is 0 Å². The first-order valence-corrected chi connectivity index (χ1v) is 4.08. The van der Waals surface area contributed by atoms with Crippen LogP contribution in [0.15, 0.2) is 16.6 Å². The molecule has 0 saturated carbocycles. The van der Waals surface area contributed by atoms with Gasteiger partial charge in [0.2, 0.25) is 0 Å². The summed E-state index contributed by atoms with van der Waals surface area (Å²) >= 11 is 3.11. The molecule has 0 aliphatic heterocycles. The summed E-state index contributed by atoms with van der Waals surface area (Å²) in [5, 5.41) is 2.97. The van der Waals surface area contributed by atoms with Gasteiger partial charge in [0.25, 0.3) is 0 Å². The summed E-state index contributed by atoms with van der Waals surface area (Å²) in [4.78, 5) is 0. The van der Waals surface area contributed by atoms with Crippen molar-refractivity contribution in [2.75, 3.05) is 12.4 Å². The molecule has 0 aliphatic carbocycles. The highest BCUT2D eigenvalue weighted by molar-refractivity contribution is 9.10. The van der Waals surface area contributed by atoms with Gasteiger partial charge in [0.1, 0.15) is 5.82 Å². The normalized spacial score (nSPS) is 9.82. The van der Waals surface area contributed by atoms with Crippen LogP contribution in [-0.4, -0.2) is 7.05 Å². The molecule has 1 rings (SSSR count). The zero-order valence-electron chi connectivity index (χ0n) is 6.41. The first-order chi connectivity index (χ1) is 5.15. The van der Waals surface area contributed by atoms with Crippen LogP contribution in [0.5, 0.6) is 0 Å². The van der Waals surface area contributed by atoms with E-state index in [1.165, 1.54) is 6.07 Å². The fourth-order valence-electron chi connectivity index (χ4n) is 0.916. The van der Waals surface area contributed by atoms with E-state index in [0.717, 1.165) is 11.3 Å². The van der Waals surface area contributed by atoms with Gasteiger partial charge in [-0.2, -0.15) is 0 Å². The largest absolute Gasteiger partial charge is 0.388 e. The highest BCUT2D eigenvalue weighted by Crippen LogP contribution is 2.23. The van der Waals surface area contributed by atoms with E-state index in [0.29, 0.717) is 4.47 Å². The average Bonchev–Trinajstić information content (AvgIpc) is 1.97. The van der Waals surface area contributed by atoms with E-state index < -0.39 is 0 Å². The predicted octanol–water partition coefficient (Wildman–Crippen LogP) is 2.94. The van der Waals surface area contributed by atoms with Gasteiger partial charge in [-0.25, -0.2) is 4.39 Å². The maximum Gasteiger partial charge on any atom is 0.137 e. The van der Waals surface area contributed by atoms with Crippen molar-refractivity contribution in [3.8, 4) is 0 Å². The highest BCUT2D eigenvalue weighted by atomic mass is 79.9. The van der Waals surface area contributed by atoms with Gasteiger partial charge in [0.05, 0.1) is 4.47 Å². The van der Waals surface area contributed by atoms with Crippen molar-refractivity contribution in [3.05, 3.63) is 28.0 Å². The van der Waals surface area contributed by atoms with Crippen molar-refractivity contribution >= 4 is 21.6 Å². The van der Waals surface area contributed by atoms with Crippen LogP contribution in [-0.2, 0) is 0 Å². The molecule has 0 atom stereocenters. The Morgan fingerprint density at radius 1 is 1.45 bits per heavy atom. The second-order valence-electron chi connectivity index (χ2n) is 2.33. The first kappa shape index (κ1) is 8.53. The van der Waals surface area contributed by atoms with Gasteiger partial charge in [-0.1, -0.05) is 0 Å². The van der Waals surface area contributed by atoms with Crippen LogP contribution in [0.25, 0.3) is 0 Å². The van der Waals surface area contributed by atoms with Gasteiger partial charge in [-0.15, -0.1) is 0 Å². The van der Waals surface area contributed by atoms with Crippen molar-refractivity contribution in [2.45, 2.75) is 6.92 Å². The Kier molecular flexibility index (Phi) is 2.49. The van der Waals surface area contributed by atoms with Crippen LogP contribution in [0.2, 0.25) is 0 Å². The molecule has 1 aromatic rings. The zero-order valence-corrected chi connectivity index (χ0v) is 8.00. The van der Waals surface area contributed by atoms with Crippen LogP contribution in [0, 0.1) is 12.7 Å². The number of rotatable bonds is 1. The lowest BCUT2D eigenvalue weighted by atomic mass is 10.2. The summed E-state index contributed by atoms with van der Waals surface area (Å²) in [5.74, 6) is -0.221. The molecular weight excluding hydrogens is 209 g/mol. The third-order valence-corrected chi connectivity index (χ3v) is 2.14. The summed E-state index contributed by atoms with van der Waals surface area (Å²) in [6.45, 7) is 1.86. The lowest BCUT2D eigenvalue weighted by Crippen LogP contribution is -1.92. The lowest BCUT2D eigenvalue weighted by molar-refractivity contribution is 0.620. The minimum absolute atomic E-state index is 0.221. The Bertz CT molecular complexity index is 273. The van der Waals surface area contributed by atoms with Crippen molar-refractivity contribution in [1.29, 1.82) is 0 Å². The third kappa shape index (κ3) is 1.71. The topological polar surface area (TPSA) is 12.0 Å². The van der Waals surface area contributed by atoms with Gasteiger partial charge >= 0.3 is 0 Å². The lowest BCUT2D eigenvalue weighted by Gasteiger charge is -2.05. The summed E-state index contributed by atoms with van der Waals surface area (Å²) in [6.07, 6.45) is 0. The fraction of sp³-hybridized carbons (Fsp3) is 0.250. The van der Waals surface area contributed by atoms with Crippen LogP contribution >= 0.6 is 15.9 Å². The monoisotopic (exact) mass is 217 g/mol. The third-order valence-electron chi connectivity index (χ3n) is 1.54. The molecule has 11 heavy (non-hydrogen) atoms. The first-order valence-electron chi connectivity index (χ1n) is 3.28. The van der Waals surface area contributed by atoms with E-state index in [9.17, 15) is 4.39 Å². The molecule has 1 N–H and O–H groups in total. The Morgan fingerprint density at radius 2 is 2.09 bits per heavy atom. The van der Waals surface area contributed by atoms with Crippen molar-refractivity contribution in [2.24, 2.45) is 0 Å². The Labute approximate surface area is 73.7 Å². The molecule has 3 heteroatoms. The average molecular weight is 218 g/mol. The quantitative estimate of drug-likeness (QED) is 0.764. The molecule has 0 bridgehead atoms. The summed E-state index contributed by atoms with van der Waals surface area (Å²) in [6, 6.07) is 3.22. The molecule has 0 fully saturated rings. The number of nitrogens with one attached hydrogen (secondary N) is 1. The van der Waals surface area contributed by atoms with E-state index >= 15 is 0 Å². The number of hydrogen-bond donors (Lipinski definition) is 1. The van der Waals surface area contributed by atoms with Gasteiger partial charge < -0.3 is 5.32 Å². The van der Waals surface area contributed by atoms with E-state index in [1.807, 2.05) is 14.0 Å². The molecule has 0 heterocycles. The highest BCUT2D eigenvalue weighted by Gasteiger charge is 2.02. The number of halogens is 2. The molecule has 0 aliphatic rings. The standard InChI is InChI=1S/C8H9BrFN/c1-5-3-7(10)6(9)4-8(5)11-2/h3-4,11H,1-2H3. The molecule has 60 valence electrons. The van der Waals surface area contributed by atoms with Crippen molar-refractivity contribution in [3.63, 3.8) is 0 Å². The SMILES string of the molecule is CNc1cc(Br)c(F)cc1C. The van der Waals surface area contributed by atoms with Crippen LogP contribution in [0.1, 0.15) is 5.56 Å². The second-order valence-corrected chi connectivity index (χ2v) is 3.19. The minimum atomic E-state index is -0.221. The Hall–Kier alpha value is -0.570. The van der Waals surface area contributed by atoms with Gasteiger partial charge in [0, 0.05) is 12.7 Å². The number of benzene rings is 1. The maximum absolute atomic E-state index is 12.8. The van der Waals surface area contributed by atoms with Gasteiger partial charge in [-0.3, -0.25) is 0 Å². The van der Waals surface area contributed by atoms with Crippen LogP contribution in [0.3, 0.4) is 0 Å². The Balaban J connectivity index is 3.21. The molecule has 0 aromatic heterocycles. The molecule has 0 unspecified atom stereocenters. The summed E-state index contributed by atoms with van der Waals surface area (Å²) < 4.78 is 13.3. The molecule has 0 spiro atoms. The van der Waals surface area contributed by atoms with Crippen LogP contribution < -0.4 is 5.32 Å². The molecule has 0 radical (unpaired) electrons. The summed E-state index contributed by atoms with van der Waals surface area (Å²) in [5.41, 5.74) is 1.85. The number of aryl methyl sites for hydroxylation is 1. The molecule has 0 amide bonds. The van der Waals surface area contributed by atoms with E-state index in [2.05, 4.69) is 21.2 Å². The minimum Gasteiger partial charge on any atom is -0.388 e. The fourth-order valence-corrected chi connectivity index (χ4v) is 1.26. The van der Waals surface area contributed by atoms with E-state index in [1.54, 1.807) is 6.07 Å².